The highest BCUT2D eigenvalue weighted by Gasteiger charge is 2.10. The molecular formula is C16H20F2N2S. The summed E-state index contributed by atoms with van der Waals surface area (Å²) >= 11 is 1.71. The third-order valence-electron chi connectivity index (χ3n) is 3.21. The van der Waals surface area contributed by atoms with E-state index in [0.717, 1.165) is 25.2 Å². The first-order valence-electron chi connectivity index (χ1n) is 6.88. The fraction of sp³-hybridized carbons (Fsp3) is 0.375. The fourth-order valence-corrected chi connectivity index (χ4v) is 2.82. The molecular weight excluding hydrogens is 290 g/mol. The summed E-state index contributed by atoms with van der Waals surface area (Å²) in [6.07, 6.45) is 0. The molecule has 0 saturated heterocycles. The molecule has 2 rings (SSSR count). The molecule has 0 amide bonds. The van der Waals surface area contributed by atoms with Crippen LogP contribution in [0, 0.1) is 11.6 Å². The molecule has 0 radical (unpaired) electrons. The van der Waals surface area contributed by atoms with Gasteiger partial charge >= 0.3 is 0 Å². The Morgan fingerprint density at radius 2 is 1.81 bits per heavy atom. The number of rotatable bonds is 7. The third-order valence-corrected chi connectivity index (χ3v) is 4.07. The highest BCUT2D eigenvalue weighted by atomic mass is 32.1. The van der Waals surface area contributed by atoms with Crippen LogP contribution in [0.25, 0.3) is 0 Å². The molecule has 5 heteroatoms. The van der Waals surface area contributed by atoms with Gasteiger partial charge in [0.1, 0.15) is 0 Å². The van der Waals surface area contributed by atoms with E-state index in [1.165, 1.54) is 17.0 Å². The van der Waals surface area contributed by atoms with E-state index in [4.69, 9.17) is 0 Å². The van der Waals surface area contributed by atoms with Gasteiger partial charge in [0.15, 0.2) is 11.6 Å². The predicted molar refractivity (Wildman–Crippen MR) is 83.3 cm³/mol. The molecule has 1 heterocycles. The number of likely N-dealkylation sites (N-methyl/N-ethyl adjacent to an activating group) is 1. The lowest BCUT2D eigenvalue weighted by atomic mass is 10.2. The average molecular weight is 310 g/mol. The Bertz CT molecular complexity index is 555. The van der Waals surface area contributed by atoms with Gasteiger partial charge in [0, 0.05) is 31.1 Å². The minimum atomic E-state index is -0.795. The van der Waals surface area contributed by atoms with E-state index in [1.54, 1.807) is 17.4 Å². The fourth-order valence-electron chi connectivity index (χ4n) is 2.07. The van der Waals surface area contributed by atoms with Gasteiger partial charge in [-0.15, -0.1) is 11.3 Å². The largest absolute Gasteiger partial charge is 0.308 e. The highest BCUT2D eigenvalue weighted by molar-refractivity contribution is 7.09. The molecule has 2 aromatic rings. The van der Waals surface area contributed by atoms with Crippen LogP contribution in [0.4, 0.5) is 8.78 Å². The second kappa shape index (κ2) is 7.64. The van der Waals surface area contributed by atoms with Gasteiger partial charge in [-0.1, -0.05) is 12.1 Å². The van der Waals surface area contributed by atoms with Crippen LogP contribution in [0.2, 0.25) is 0 Å². The van der Waals surface area contributed by atoms with Crippen molar-refractivity contribution in [2.75, 3.05) is 27.2 Å². The molecule has 2 nitrogen and oxygen atoms in total. The quantitative estimate of drug-likeness (QED) is 0.771. The number of halogens is 2. The first kappa shape index (κ1) is 16.1. The van der Waals surface area contributed by atoms with Crippen molar-refractivity contribution < 1.29 is 8.78 Å². The summed E-state index contributed by atoms with van der Waals surface area (Å²) in [6.45, 7) is 3.24. The molecule has 0 saturated carbocycles. The molecule has 0 unspecified atom stereocenters. The van der Waals surface area contributed by atoms with Crippen molar-refractivity contribution in [3.05, 3.63) is 57.8 Å². The first-order valence-corrected chi connectivity index (χ1v) is 7.76. The summed E-state index contributed by atoms with van der Waals surface area (Å²) in [7, 11) is 4.06. The van der Waals surface area contributed by atoms with Gasteiger partial charge in [-0.2, -0.15) is 0 Å². The van der Waals surface area contributed by atoms with Crippen molar-refractivity contribution in [1.29, 1.82) is 0 Å². The topological polar surface area (TPSA) is 6.48 Å². The second-order valence-electron chi connectivity index (χ2n) is 5.34. The van der Waals surface area contributed by atoms with Gasteiger partial charge in [0.25, 0.3) is 0 Å². The number of hydrogen-bond donors (Lipinski definition) is 0. The summed E-state index contributed by atoms with van der Waals surface area (Å²) in [6, 6.07) is 8.25. The van der Waals surface area contributed by atoms with E-state index < -0.39 is 11.6 Å². The van der Waals surface area contributed by atoms with Crippen molar-refractivity contribution in [3.63, 3.8) is 0 Å². The summed E-state index contributed by atoms with van der Waals surface area (Å²) in [4.78, 5) is 5.64. The van der Waals surface area contributed by atoms with Crippen molar-refractivity contribution in [2.45, 2.75) is 13.1 Å². The Hall–Kier alpha value is -1.30. The van der Waals surface area contributed by atoms with Crippen molar-refractivity contribution in [3.8, 4) is 0 Å². The molecule has 0 bridgehead atoms. The molecule has 0 aliphatic heterocycles. The monoisotopic (exact) mass is 310 g/mol. The summed E-state index contributed by atoms with van der Waals surface area (Å²) in [5.41, 5.74) is 0.796. The maximum Gasteiger partial charge on any atom is 0.159 e. The molecule has 0 aliphatic carbocycles. The molecule has 0 N–H and O–H groups in total. The lowest BCUT2D eigenvalue weighted by molar-refractivity contribution is 0.227. The van der Waals surface area contributed by atoms with Crippen LogP contribution in [0.15, 0.2) is 35.7 Å². The SMILES string of the molecule is CN(C)CCN(Cc1ccc(F)c(F)c1)Cc1cccs1. The zero-order valence-electron chi connectivity index (χ0n) is 12.4. The Balaban J connectivity index is 2.04. The van der Waals surface area contributed by atoms with E-state index >= 15 is 0 Å². The minimum Gasteiger partial charge on any atom is -0.308 e. The molecule has 0 atom stereocenters. The lowest BCUT2D eigenvalue weighted by Crippen LogP contribution is -2.30. The smallest absolute Gasteiger partial charge is 0.159 e. The van der Waals surface area contributed by atoms with E-state index in [0.29, 0.717) is 6.54 Å². The van der Waals surface area contributed by atoms with Gasteiger partial charge < -0.3 is 4.90 Å². The summed E-state index contributed by atoms with van der Waals surface area (Å²) in [5.74, 6) is -1.58. The van der Waals surface area contributed by atoms with E-state index in [9.17, 15) is 8.78 Å². The predicted octanol–water partition coefficient (Wildman–Crippen LogP) is 3.59. The van der Waals surface area contributed by atoms with Crippen LogP contribution < -0.4 is 0 Å². The van der Waals surface area contributed by atoms with Gasteiger partial charge in [-0.3, -0.25) is 4.90 Å². The van der Waals surface area contributed by atoms with E-state index in [-0.39, 0.29) is 0 Å². The number of nitrogens with zero attached hydrogens (tertiary/aromatic N) is 2. The molecule has 1 aromatic heterocycles. The lowest BCUT2D eigenvalue weighted by Gasteiger charge is -2.23. The Morgan fingerprint density at radius 1 is 1.00 bits per heavy atom. The Labute approximate surface area is 128 Å². The summed E-state index contributed by atoms with van der Waals surface area (Å²) in [5, 5.41) is 2.05. The Morgan fingerprint density at radius 3 is 2.43 bits per heavy atom. The molecule has 0 fully saturated rings. The first-order chi connectivity index (χ1) is 10.0. The number of hydrogen-bond acceptors (Lipinski definition) is 3. The Kier molecular flexibility index (Phi) is 5.85. The maximum absolute atomic E-state index is 13.3. The van der Waals surface area contributed by atoms with Crippen LogP contribution in [0.1, 0.15) is 10.4 Å². The van der Waals surface area contributed by atoms with Crippen LogP contribution in [-0.4, -0.2) is 37.0 Å². The number of benzene rings is 1. The van der Waals surface area contributed by atoms with Gasteiger partial charge in [0.05, 0.1) is 0 Å². The van der Waals surface area contributed by atoms with Gasteiger partial charge in [0.2, 0.25) is 0 Å². The normalized spacial score (nSPS) is 11.5. The van der Waals surface area contributed by atoms with Crippen molar-refractivity contribution in [2.24, 2.45) is 0 Å². The zero-order chi connectivity index (χ0) is 15.2. The van der Waals surface area contributed by atoms with Crippen LogP contribution >= 0.6 is 11.3 Å². The minimum absolute atomic E-state index is 0.614. The van der Waals surface area contributed by atoms with E-state index in [1.807, 2.05) is 20.2 Å². The van der Waals surface area contributed by atoms with Gasteiger partial charge in [-0.05, 0) is 43.2 Å². The molecule has 114 valence electrons. The second-order valence-corrected chi connectivity index (χ2v) is 6.37. The highest BCUT2D eigenvalue weighted by Crippen LogP contribution is 2.16. The molecule has 0 aliphatic rings. The van der Waals surface area contributed by atoms with Crippen molar-refractivity contribution in [1.82, 2.24) is 9.80 Å². The van der Waals surface area contributed by atoms with Crippen molar-refractivity contribution >= 4 is 11.3 Å². The third kappa shape index (κ3) is 5.19. The van der Waals surface area contributed by atoms with Crippen LogP contribution in [0.3, 0.4) is 0 Å². The maximum atomic E-state index is 13.3. The zero-order valence-corrected chi connectivity index (χ0v) is 13.2. The number of thiophene rings is 1. The molecule has 21 heavy (non-hydrogen) atoms. The van der Waals surface area contributed by atoms with Crippen LogP contribution in [0.5, 0.6) is 0 Å². The van der Waals surface area contributed by atoms with Gasteiger partial charge in [-0.25, -0.2) is 8.78 Å². The molecule has 1 aromatic carbocycles. The summed E-state index contributed by atoms with van der Waals surface area (Å²) < 4.78 is 26.3. The van der Waals surface area contributed by atoms with Crippen LogP contribution in [-0.2, 0) is 13.1 Å². The average Bonchev–Trinajstić information content (AvgIpc) is 2.93. The standard InChI is InChI=1S/C16H20F2N2S/c1-19(2)7-8-20(12-14-4-3-9-21-14)11-13-5-6-15(17)16(18)10-13/h3-6,9-10H,7-8,11-12H2,1-2H3. The van der Waals surface area contributed by atoms with E-state index in [2.05, 4.69) is 21.2 Å². The molecule has 0 spiro atoms.